The van der Waals surface area contributed by atoms with Crippen molar-refractivity contribution in [2.24, 2.45) is 5.92 Å². The molecule has 0 heterocycles. The maximum Gasteiger partial charge on any atom is 0.216 e. The lowest BCUT2D eigenvalue weighted by atomic mass is 10.2. The summed E-state index contributed by atoms with van der Waals surface area (Å²) in [6, 6.07) is 8.31. The van der Waals surface area contributed by atoms with E-state index in [0.29, 0.717) is 30.3 Å². The Morgan fingerprint density at radius 3 is 2.62 bits per heavy atom. The molecule has 5 nitrogen and oxygen atoms in total. The standard InChI is InChI=1S/C15H22N2O3S/c1-12(2)9-20-10-13(3)17-21(18,19)11-15-6-4-5-14(7-15)8-16/h4-7,12-13,17H,9-11H2,1-3H3/t13-/m1/s1. The van der Waals surface area contributed by atoms with Crippen molar-refractivity contribution >= 4 is 10.0 Å². The number of ether oxygens (including phenoxy) is 1. The van der Waals surface area contributed by atoms with Gasteiger partial charge in [0.15, 0.2) is 0 Å². The van der Waals surface area contributed by atoms with Gasteiger partial charge in [0.1, 0.15) is 0 Å². The van der Waals surface area contributed by atoms with E-state index in [1.165, 1.54) is 0 Å². The van der Waals surface area contributed by atoms with Gasteiger partial charge in [0, 0.05) is 12.6 Å². The fourth-order valence-electron chi connectivity index (χ4n) is 1.81. The molecule has 0 saturated carbocycles. The van der Waals surface area contributed by atoms with Crippen molar-refractivity contribution < 1.29 is 13.2 Å². The third-order valence-corrected chi connectivity index (χ3v) is 4.09. The van der Waals surface area contributed by atoms with Crippen LogP contribution in [0.1, 0.15) is 31.9 Å². The predicted octanol–water partition coefficient (Wildman–Crippen LogP) is 2.04. The van der Waals surface area contributed by atoms with Crippen molar-refractivity contribution in [3.8, 4) is 6.07 Å². The Balaban J connectivity index is 2.55. The molecule has 0 aliphatic rings. The fourth-order valence-corrected chi connectivity index (χ4v) is 3.20. The molecule has 1 atom stereocenters. The molecule has 0 amide bonds. The lowest BCUT2D eigenvalue weighted by Gasteiger charge is -2.15. The maximum atomic E-state index is 12.1. The minimum absolute atomic E-state index is 0.142. The monoisotopic (exact) mass is 310 g/mol. The van der Waals surface area contributed by atoms with Gasteiger partial charge in [-0.3, -0.25) is 0 Å². The minimum Gasteiger partial charge on any atom is -0.380 e. The molecule has 0 aliphatic carbocycles. The normalized spacial score (nSPS) is 13.1. The van der Waals surface area contributed by atoms with Crippen molar-refractivity contribution in [3.05, 3.63) is 35.4 Å². The molecule has 1 N–H and O–H groups in total. The lowest BCUT2D eigenvalue weighted by molar-refractivity contribution is 0.0984. The second-order valence-corrected chi connectivity index (χ2v) is 7.28. The molecule has 21 heavy (non-hydrogen) atoms. The summed E-state index contributed by atoms with van der Waals surface area (Å²) in [5.74, 6) is 0.277. The Kier molecular flexibility index (Phi) is 6.82. The van der Waals surface area contributed by atoms with Crippen LogP contribution in [0.2, 0.25) is 0 Å². The molecule has 0 spiro atoms. The van der Waals surface area contributed by atoms with E-state index < -0.39 is 10.0 Å². The minimum atomic E-state index is -3.45. The van der Waals surface area contributed by atoms with Gasteiger partial charge in [-0.15, -0.1) is 0 Å². The van der Waals surface area contributed by atoms with Crippen molar-refractivity contribution in [2.45, 2.75) is 32.6 Å². The van der Waals surface area contributed by atoms with Gasteiger partial charge in [0.05, 0.1) is 24.0 Å². The van der Waals surface area contributed by atoms with E-state index in [2.05, 4.69) is 4.72 Å². The summed E-state index contributed by atoms with van der Waals surface area (Å²) in [5, 5.41) is 8.82. The van der Waals surface area contributed by atoms with Gasteiger partial charge in [-0.25, -0.2) is 13.1 Å². The third kappa shape index (κ3) is 7.23. The molecule has 6 heteroatoms. The van der Waals surface area contributed by atoms with E-state index in [4.69, 9.17) is 10.00 Å². The third-order valence-electron chi connectivity index (χ3n) is 2.61. The molecule has 1 aromatic carbocycles. The summed E-state index contributed by atoms with van der Waals surface area (Å²) in [5.41, 5.74) is 1.05. The van der Waals surface area contributed by atoms with Crippen molar-refractivity contribution in [1.82, 2.24) is 4.72 Å². The topological polar surface area (TPSA) is 79.2 Å². The van der Waals surface area contributed by atoms with E-state index >= 15 is 0 Å². The van der Waals surface area contributed by atoms with Gasteiger partial charge in [0.2, 0.25) is 10.0 Å². The van der Waals surface area contributed by atoms with Gasteiger partial charge >= 0.3 is 0 Å². The molecular weight excluding hydrogens is 288 g/mol. The van der Waals surface area contributed by atoms with Crippen LogP contribution >= 0.6 is 0 Å². The Morgan fingerprint density at radius 2 is 2.00 bits per heavy atom. The Morgan fingerprint density at radius 1 is 1.29 bits per heavy atom. The Hall–Kier alpha value is -1.42. The molecule has 0 aliphatic heterocycles. The predicted molar refractivity (Wildman–Crippen MR) is 82.0 cm³/mol. The second-order valence-electron chi connectivity index (χ2n) is 5.52. The van der Waals surface area contributed by atoms with Crippen molar-refractivity contribution in [3.63, 3.8) is 0 Å². The number of hydrogen-bond acceptors (Lipinski definition) is 4. The van der Waals surface area contributed by atoms with E-state index in [1.807, 2.05) is 19.9 Å². The van der Waals surface area contributed by atoms with E-state index in [0.717, 1.165) is 0 Å². The second kappa shape index (κ2) is 8.13. The smallest absolute Gasteiger partial charge is 0.216 e. The summed E-state index contributed by atoms with van der Waals surface area (Å²) in [6.07, 6.45) is 0. The first-order chi connectivity index (χ1) is 9.82. The quantitative estimate of drug-likeness (QED) is 0.797. The first-order valence-electron chi connectivity index (χ1n) is 6.89. The van der Waals surface area contributed by atoms with Crippen molar-refractivity contribution in [2.75, 3.05) is 13.2 Å². The summed E-state index contributed by atoms with van der Waals surface area (Å²) in [4.78, 5) is 0. The molecule has 0 fully saturated rings. The van der Waals surface area contributed by atoms with E-state index in [9.17, 15) is 8.42 Å². The number of hydrogen-bond donors (Lipinski definition) is 1. The number of sulfonamides is 1. The first kappa shape index (κ1) is 17.6. The highest BCUT2D eigenvalue weighted by molar-refractivity contribution is 7.88. The zero-order valence-corrected chi connectivity index (χ0v) is 13.5. The van der Waals surface area contributed by atoms with Crippen LogP contribution < -0.4 is 4.72 Å². The fraction of sp³-hybridized carbons (Fsp3) is 0.533. The van der Waals surface area contributed by atoms with Gasteiger partial charge in [-0.1, -0.05) is 26.0 Å². The van der Waals surface area contributed by atoms with Gasteiger partial charge in [-0.05, 0) is 30.5 Å². The van der Waals surface area contributed by atoms with Crippen LogP contribution in [0.25, 0.3) is 0 Å². The number of rotatable bonds is 8. The van der Waals surface area contributed by atoms with Crippen LogP contribution in [0.5, 0.6) is 0 Å². The molecule has 1 rings (SSSR count). The highest BCUT2D eigenvalue weighted by Gasteiger charge is 2.15. The van der Waals surface area contributed by atoms with Gasteiger partial charge < -0.3 is 4.74 Å². The van der Waals surface area contributed by atoms with E-state index in [-0.39, 0.29) is 11.8 Å². The van der Waals surface area contributed by atoms with Crippen LogP contribution in [0.3, 0.4) is 0 Å². The molecule has 0 radical (unpaired) electrons. The molecule has 116 valence electrons. The zero-order chi connectivity index (χ0) is 15.9. The SMILES string of the molecule is CC(C)COC[C@@H](C)NS(=O)(=O)Cc1cccc(C#N)c1. The van der Waals surface area contributed by atoms with Crippen LogP contribution in [0, 0.1) is 17.2 Å². The average Bonchev–Trinajstić information content (AvgIpc) is 2.37. The van der Waals surface area contributed by atoms with Crippen LogP contribution in [0.4, 0.5) is 0 Å². The Labute approximate surface area is 127 Å². The largest absolute Gasteiger partial charge is 0.380 e. The average molecular weight is 310 g/mol. The first-order valence-corrected chi connectivity index (χ1v) is 8.54. The molecule has 0 aromatic heterocycles. The number of nitrogens with one attached hydrogen (secondary N) is 1. The Bertz CT molecular complexity index is 591. The van der Waals surface area contributed by atoms with Gasteiger partial charge in [-0.2, -0.15) is 5.26 Å². The zero-order valence-electron chi connectivity index (χ0n) is 12.7. The van der Waals surface area contributed by atoms with Crippen LogP contribution in [-0.2, 0) is 20.5 Å². The summed E-state index contributed by atoms with van der Waals surface area (Å²) in [6.45, 7) is 6.80. The number of nitrogens with zero attached hydrogens (tertiary/aromatic N) is 1. The molecule has 0 saturated heterocycles. The summed E-state index contributed by atoms with van der Waals surface area (Å²) in [7, 11) is -3.45. The summed E-state index contributed by atoms with van der Waals surface area (Å²) >= 11 is 0. The molecule has 1 aromatic rings. The van der Waals surface area contributed by atoms with Crippen LogP contribution in [0.15, 0.2) is 24.3 Å². The molecule has 0 unspecified atom stereocenters. The molecular formula is C15H22N2O3S. The summed E-state index contributed by atoms with van der Waals surface area (Å²) < 4.78 is 32.1. The lowest BCUT2D eigenvalue weighted by Crippen LogP contribution is -2.36. The highest BCUT2D eigenvalue weighted by atomic mass is 32.2. The number of nitriles is 1. The molecule has 0 bridgehead atoms. The maximum absolute atomic E-state index is 12.1. The van der Waals surface area contributed by atoms with E-state index in [1.54, 1.807) is 31.2 Å². The van der Waals surface area contributed by atoms with Gasteiger partial charge in [0.25, 0.3) is 0 Å². The highest BCUT2D eigenvalue weighted by Crippen LogP contribution is 2.08. The van der Waals surface area contributed by atoms with Crippen LogP contribution in [-0.4, -0.2) is 27.7 Å². The van der Waals surface area contributed by atoms with Crippen molar-refractivity contribution in [1.29, 1.82) is 5.26 Å². The number of benzene rings is 1.